The van der Waals surface area contributed by atoms with Crippen LogP contribution in [0.1, 0.15) is 30.6 Å². The van der Waals surface area contributed by atoms with Crippen molar-refractivity contribution < 1.29 is 9.84 Å². The first kappa shape index (κ1) is 16.5. The first-order chi connectivity index (χ1) is 10.8. The summed E-state index contributed by atoms with van der Waals surface area (Å²) < 4.78 is 5.71. The summed E-state index contributed by atoms with van der Waals surface area (Å²) in [6.45, 7) is 3.45. The number of rotatable bonds is 8. The fourth-order valence-electron chi connectivity index (χ4n) is 2.24. The summed E-state index contributed by atoms with van der Waals surface area (Å²) in [5.41, 5.74) is 2.15. The van der Waals surface area contributed by atoms with E-state index in [-0.39, 0.29) is 0 Å². The van der Waals surface area contributed by atoms with E-state index in [0.29, 0.717) is 25.6 Å². The Labute approximate surface area is 133 Å². The maximum atomic E-state index is 10.1. The molecular weight excluding hydrogens is 272 g/mol. The molecular formula is C20H24O2. The van der Waals surface area contributed by atoms with Gasteiger partial charge in [-0.25, -0.2) is 0 Å². The highest BCUT2D eigenvalue weighted by molar-refractivity contribution is 5.18. The highest BCUT2D eigenvalue weighted by Gasteiger charge is 2.04. The van der Waals surface area contributed by atoms with Crippen LogP contribution in [-0.2, 0) is 11.3 Å². The molecule has 0 aliphatic carbocycles. The zero-order valence-electron chi connectivity index (χ0n) is 13.1. The molecule has 0 aliphatic heterocycles. The Kier molecular flexibility index (Phi) is 6.88. The molecule has 0 unspecified atom stereocenters. The van der Waals surface area contributed by atoms with Crippen molar-refractivity contribution in [3.8, 4) is 0 Å². The Morgan fingerprint density at radius 2 is 1.64 bits per heavy atom. The molecule has 2 nitrogen and oxygen atoms in total. The van der Waals surface area contributed by atoms with Gasteiger partial charge in [-0.15, -0.1) is 0 Å². The zero-order chi connectivity index (χ0) is 15.6. The molecule has 0 aromatic heterocycles. The van der Waals surface area contributed by atoms with Crippen molar-refractivity contribution in [2.45, 2.75) is 26.1 Å². The minimum atomic E-state index is -0.435. The number of ether oxygens (including phenoxy) is 1. The number of hydrogen-bond donors (Lipinski definition) is 1. The van der Waals surface area contributed by atoms with E-state index in [1.165, 1.54) is 5.56 Å². The molecule has 2 rings (SSSR count). The van der Waals surface area contributed by atoms with Gasteiger partial charge >= 0.3 is 0 Å². The highest BCUT2D eigenvalue weighted by atomic mass is 16.5. The van der Waals surface area contributed by atoms with Crippen molar-refractivity contribution in [2.75, 3.05) is 6.61 Å². The van der Waals surface area contributed by atoms with Crippen LogP contribution in [0.25, 0.3) is 0 Å². The second-order valence-electron chi connectivity index (χ2n) is 5.57. The topological polar surface area (TPSA) is 29.5 Å². The normalized spacial score (nSPS) is 14.1. The molecule has 2 aromatic carbocycles. The van der Waals surface area contributed by atoms with Crippen LogP contribution >= 0.6 is 0 Å². The molecule has 2 atom stereocenters. The lowest BCUT2D eigenvalue weighted by Gasteiger charge is -2.10. The summed E-state index contributed by atoms with van der Waals surface area (Å²) >= 11 is 0. The summed E-state index contributed by atoms with van der Waals surface area (Å²) in [6.07, 6.45) is 4.34. The lowest BCUT2D eigenvalue weighted by molar-refractivity contribution is 0.104. The van der Waals surface area contributed by atoms with Crippen molar-refractivity contribution >= 4 is 0 Å². The van der Waals surface area contributed by atoms with E-state index in [1.54, 1.807) is 0 Å². The summed E-state index contributed by atoms with van der Waals surface area (Å²) in [7, 11) is 0. The van der Waals surface area contributed by atoms with Gasteiger partial charge in [0.05, 0.1) is 19.3 Å². The molecule has 0 aliphatic rings. The molecule has 0 fully saturated rings. The molecule has 2 heteroatoms. The second-order valence-corrected chi connectivity index (χ2v) is 5.57. The van der Waals surface area contributed by atoms with Gasteiger partial charge < -0.3 is 9.84 Å². The third-order valence-electron chi connectivity index (χ3n) is 3.50. The van der Waals surface area contributed by atoms with Gasteiger partial charge in [-0.2, -0.15) is 0 Å². The van der Waals surface area contributed by atoms with E-state index in [2.05, 4.69) is 25.1 Å². The maximum Gasteiger partial charge on any atom is 0.0824 e. The SMILES string of the molecule is C[C@H](/C=C\C[C@@H](O)c1ccccc1)COCc1ccccc1. The molecule has 0 saturated carbocycles. The average molecular weight is 296 g/mol. The summed E-state index contributed by atoms with van der Waals surface area (Å²) in [5, 5.41) is 10.1. The molecule has 0 saturated heterocycles. The van der Waals surface area contributed by atoms with Crippen LogP contribution < -0.4 is 0 Å². The summed E-state index contributed by atoms with van der Waals surface area (Å²) in [5.74, 6) is 0.340. The summed E-state index contributed by atoms with van der Waals surface area (Å²) in [4.78, 5) is 0. The first-order valence-corrected chi connectivity index (χ1v) is 7.77. The van der Waals surface area contributed by atoms with Crippen LogP contribution in [0.4, 0.5) is 0 Å². The van der Waals surface area contributed by atoms with Gasteiger partial charge in [-0.05, 0) is 23.5 Å². The van der Waals surface area contributed by atoms with E-state index < -0.39 is 6.10 Å². The fraction of sp³-hybridized carbons (Fsp3) is 0.300. The minimum absolute atomic E-state index is 0.340. The quantitative estimate of drug-likeness (QED) is 0.726. The van der Waals surface area contributed by atoms with Crippen LogP contribution in [0.2, 0.25) is 0 Å². The van der Waals surface area contributed by atoms with E-state index in [0.717, 1.165) is 5.56 Å². The number of aliphatic hydroxyl groups excluding tert-OH is 1. The smallest absolute Gasteiger partial charge is 0.0824 e. The standard InChI is InChI=1S/C20H24O2/c1-17(15-22-16-18-10-4-2-5-11-18)9-8-14-20(21)19-12-6-3-7-13-19/h2-13,17,20-21H,14-16H2,1H3/b9-8-/t17-,20-/m1/s1. The molecule has 22 heavy (non-hydrogen) atoms. The van der Waals surface area contributed by atoms with Crippen LogP contribution in [0, 0.1) is 5.92 Å². The lowest BCUT2D eigenvalue weighted by atomic mass is 10.1. The van der Waals surface area contributed by atoms with E-state index in [9.17, 15) is 5.11 Å². The maximum absolute atomic E-state index is 10.1. The molecule has 2 aromatic rings. The molecule has 0 radical (unpaired) electrons. The van der Waals surface area contributed by atoms with E-state index in [1.807, 2.05) is 54.6 Å². The average Bonchev–Trinajstić information content (AvgIpc) is 2.56. The number of hydrogen-bond acceptors (Lipinski definition) is 2. The van der Waals surface area contributed by atoms with Gasteiger partial charge in [0, 0.05) is 0 Å². The zero-order valence-corrected chi connectivity index (χ0v) is 13.1. The van der Waals surface area contributed by atoms with Gasteiger partial charge in [-0.3, -0.25) is 0 Å². The molecule has 0 bridgehead atoms. The van der Waals surface area contributed by atoms with Crippen LogP contribution in [0.5, 0.6) is 0 Å². The largest absolute Gasteiger partial charge is 0.388 e. The Balaban J connectivity index is 1.67. The van der Waals surface area contributed by atoms with Crippen molar-refractivity contribution in [2.24, 2.45) is 5.92 Å². The van der Waals surface area contributed by atoms with Crippen molar-refractivity contribution in [3.05, 3.63) is 83.9 Å². The second kappa shape index (κ2) is 9.19. The Bertz CT molecular complexity index is 548. The van der Waals surface area contributed by atoms with Gasteiger partial charge in [0.1, 0.15) is 0 Å². The van der Waals surface area contributed by atoms with Gasteiger partial charge in [0.15, 0.2) is 0 Å². The van der Waals surface area contributed by atoms with Crippen molar-refractivity contribution in [3.63, 3.8) is 0 Å². The van der Waals surface area contributed by atoms with Crippen LogP contribution in [0.15, 0.2) is 72.8 Å². The van der Waals surface area contributed by atoms with Crippen LogP contribution in [0.3, 0.4) is 0 Å². The predicted octanol–water partition coefficient (Wildman–Crippen LogP) is 4.52. The Hall–Kier alpha value is -1.90. The lowest BCUT2D eigenvalue weighted by Crippen LogP contribution is -2.03. The van der Waals surface area contributed by atoms with Gasteiger partial charge in [-0.1, -0.05) is 79.7 Å². The fourth-order valence-corrected chi connectivity index (χ4v) is 2.24. The molecule has 0 heterocycles. The Morgan fingerprint density at radius 3 is 2.32 bits per heavy atom. The third-order valence-corrected chi connectivity index (χ3v) is 3.50. The summed E-state index contributed by atoms with van der Waals surface area (Å²) in [6, 6.07) is 19.9. The highest BCUT2D eigenvalue weighted by Crippen LogP contribution is 2.16. The van der Waals surface area contributed by atoms with Crippen molar-refractivity contribution in [1.82, 2.24) is 0 Å². The molecule has 1 N–H and O–H groups in total. The molecule has 0 spiro atoms. The predicted molar refractivity (Wildman–Crippen MR) is 90.4 cm³/mol. The number of benzene rings is 2. The Morgan fingerprint density at radius 1 is 1.00 bits per heavy atom. The van der Waals surface area contributed by atoms with Gasteiger partial charge in [0.2, 0.25) is 0 Å². The van der Waals surface area contributed by atoms with E-state index in [4.69, 9.17) is 4.74 Å². The van der Waals surface area contributed by atoms with Gasteiger partial charge in [0.25, 0.3) is 0 Å². The third kappa shape index (κ3) is 5.84. The van der Waals surface area contributed by atoms with Crippen molar-refractivity contribution in [1.29, 1.82) is 0 Å². The number of aliphatic hydroxyl groups is 1. The monoisotopic (exact) mass is 296 g/mol. The van der Waals surface area contributed by atoms with Crippen LogP contribution in [-0.4, -0.2) is 11.7 Å². The minimum Gasteiger partial charge on any atom is -0.388 e. The first-order valence-electron chi connectivity index (χ1n) is 7.77. The molecule has 116 valence electrons. The molecule has 0 amide bonds. The van der Waals surface area contributed by atoms with E-state index >= 15 is 0 Å².